The number of hydrogen-bond donors (Lipinski definition) is 6. The lowest BCUT2D eigenvalue weighted by Crippen LogP contribution is -2.60. The van der Waals surface area contributed by atoms with Crippen LogP contribution in [0.2, 0.25) is 0 Å². The molecule has 1 saturated heterocycles. The molecule has 352 valence electrons. The molecule has 1 amide bonds. The van der Waals surface area contributed by atoms with Gasteiger partial charge in [0.05, 0.1) is 25.4 Å². The highest BCUT2D eigenvalue weighted by Crippen LogP contribution is 2.22. The smallest absolute Gasteiger partial charge is 0.220 e. The highest BCUT2D eigenvalue weighted by Gasteiger charge is 2.44. The third kappa shape index (κ3) is 32.0. The summed E-state index contributed by atoms with van der Waals surface area (Å²) in [7, 11) is 0. The first-order valence-corrected chi connectivity index (χ1v) is 24.7. The number of allylic oxidation sites excluding steroid dienone is 11. The Morgan fingerprint density at radius 3 is 1.49 bits per heavy atom. The summed E-state index contributed by atoms with van der Waals surface area (Å²) < 4.78 is 11.2. The van der Waals surface area contributed by atoms with Crippen molar-refractivity contribution in [1.29, 1.82) is 0 Å². The molecule has 0 bridgehead atoms. The van der Waals surface area contributed by atoms with Crippen molar-refractivity contribution in [2.24, 2.45) is 0 Å². The van der Waals surface area contributed by atoms with Gasteiger partial charge in [-0.1, -0.05) is 177 Å². The lowest BCUT2D eigenvalue weighted by atomic mass is 9.99. The molecule has 0 aliphatic carbocycles. The maximum absolute atomic E-state index is 13.0. The van der Waals surface area contributed by atoms with Gasteiger partial charge in [-0.3, -0.25) is 4.79 Å². The second-order valence-electron chi connectivity index (χ2n) is 16.9. The van der Waals surface area contributed by atoms with E-state index >= 15 is 0 Å². The van der Waals surface area contributed by atoms with Crippen LogP contribution in [-0.4, -0.2) is 87.5 Å². The number of carbonyl (C=O) groups is 1. The third-order valence-electron chi connectivity index (χ3n) is 11.2. The zero-order valence-corrected chi connectivity index (χ0v) is 38.6. The average molecular weight is 858 g/mol. The summed E-state index contributed by atoms with van der Waals surface area (Å²) in [6.45, 7) is 3.72. The van der Waals surface area contributed by atoms with E-state index in [9.17, 15) is 30.3 Å². The Hall–Kier alpha value is -2.37. The van der Waals surface area contributed by atoms with Gasteiger partial charge in [-0.05, 0) is 83.5 Å². The number of ether oxygens (including phenoxy) is 2. The van der Waals surface area contributed by atoms with Gasteiger partial charge in [0, 0.05) is 6.42 Å². The molecule has 0 aromatic rings. The zero-order chi connectivity index (χ0) is 44.4. The van der Waals surface area contributed by atoms with Crippen molar-refractivity contribution in [3.05, 3.63) is 72.9 Å². The summed E-state index contributed by atoms with van der Waals surface area (Å²) in [5, 5.41) is 54.2. The Morgan fingerprint density at radius 2 is 0.984 bits per heavy atom. The van der Waals surface area contributed by atoms with E-state index < -0.39 is 49.5 Å². The van der Waals surface area contributed by atoms with Crippen LogP contribution >= 0.6 is 0 Å². The molecule has 0 aromatic carbocycles. The van der Waals surface area contributed by atoms with Crippen LogP contribution in [0.25, 0.3) is 0 Å². The van der Waals surface area contributed by atoms with Gasteiger partial charge in [0.25, 0.3) is 0 Å². The van der Waals surface area contributed by atoms with E-state index in [-0.39, 0.29) is 12.5 Å². The first kappa shape index (κ1) is 56.6. The molecule has 7 unspecified atom stereocenters. The first-order chi connectivity index (χ1) is 29.8. The SMILES string of the molecule is CCCCCCC/C=C\C/C=C\C/C=C\CCCCCCCCC(=O)NC(COC1OC(CO)C(O)C(O)C1O)C(O)/C=C/CC/C=C/CC/C=C/CCCCCCCCC. The number of aliphatic hydroxyl groups excluding tert-OH is 5. The molecule has 0 aromatic heterocycles. The fourth-order valence-corrected chi connectivity index (χ4v) is 7.25. The predicted octanol–water partition coefficient (Wildman–Crippen LogP) is 10.9. The molecule has 0 spiro atoms. The van der Waals surface area contributed by atoms with Gasteiger partial charge >= 0.3 is 0 Å². The van der Waals surface area contributed by atoms with E-state index in [1.165, 1.54) is 83.5 Å². The van der Waals surface area contributed by atoms with Crippen LogP contribution in [0.1, 0.15) is 194 Å². The maximum atomic E-state index is 13.0. The van der Waals surface area contributed by atoms with Crippen molar-refractivity contribution >= 4 is 5.91 Å². The minimum atomic E-state index is -1.58. The number of rotatable bonds is 40. The normalized spacial score (nSPS) is 21.1. The molecule has 61 heavy (non-hydrogen) atoms. The summed E-state index contributed by atoms with van der Waals surface area (Å²) in [4.78, 5) is 13.0. The topological polar surface area (TPSA) is 149 Å². The Kier molecular flexibility index (Phi) is 38.7. The lowest BCUT2D eigenvalue weighted by molar-refractivity contribution is -0.302. The zero-order valence-electron chi connectivity index (χ0n) is 38.6. The van der Waals surface area contributed by atoms with Gasteiger partial charge in [-0.15, -0.1) is 0 Å². The number of unbranched alkanes of at least 4 members (excludes halogenated alkanes) is 20. The molecule has 1 fully saturated rings. The Morgan fingerprint density at radius 1 is 0.557 bits per heavy atom. The van der Waals surface area contributed by atoms with Crippen LogP contribution < -0.4 is 5.32 Å². The molecule has 9 nitrogen and oxygen atoms in total. The van der Waals surface area contributed by atoms with E-state index in [1.807, 2.05) is 6.08 Å². The van der Waals surface area contributed by atoms with Crippen molar-refractivity contribution in [2.45, 2.75) is 236 Å². The van der Waals surface area contributed by atoms with Crippen LogP contribution in [0.15, 0.2) is 72.9 Å². The number of amides is 1. The molecule has 0 radical (unpaired) electrons. The largest absolute Gasteiger partial charge is 0.394 e. The molecule has 0 saturated carbocycles. The van der Waals surface area contributed by atoms with Crippen LogP contribution in [0.3, 0.4) is 0 Å². The van der Waals surface area contributed by atoms with Gasteiger partial charge in [-0.2, -0.15) is 0 Å². The van der Waals surface area contributed by atoms with Crippen LogP contribution in [0.4, 0.5) is 0 Å². The van der Waals surface area contributed by atoms with Crippen LogP contribution in [-0.2, 0) is 14.3 Å². The van der Waals surface area contributed by atoms with Crippen LogP contribution in [0, 0.1) is 0 Å². The first-order valence-electron chi connectivity index (χ1n) is 24.7. The van der Waals surface area contributed by atoms with E-state index in [1.54, 1.807) is 6.08 Å². The maximum Gasteiger partial charge on any atom is 0.220 e. The molecule has 1 heterocycles. The van der Waals surface area contributed by atoms with E-state index in [4.69, 9.17) is 9.47 Å². The molecular formula is C52H91NO8. The Balaban J connectivity index is 2.38. The van der Waals surface area contributed by atoms with Crippen molar-refractivity contribution in [3.63, 3.8) is 0 Å². The fraction of sp³-hybridized carbons (Fsp3) is 0.750. The molecule has 9 heteroatoms. The van der Waals surface area contributed by atoms with Gasteiger partial charge in [0.2, 0.25) is 5.91 Å². The summed E-state index contributed by atoms with van der Waals surface area (Å²) in [5.74, 6) is -0.206. The number of aliphatic hydroxyl groups is 5. The van der Waals surface area contributed by atoms with Crippen molar-refractivity contribution in [3.8, 4) is 0 Å². The van der Waals surface area contributed by atoms with Crippen molar-refractivity contribution < 1.29 is 39.8 Å². The van der Waals surface area contributed by atoms with E-state index in [0.29, 0.717) is 6.42 Å². The summed E-state index contributed by atoms with van der Waals surface area (Å²) >= 11 is 0. The number of nitrogens with one attached hydrogen (secondary N) is 1. The van der Waals surface area contributed by atoms with Gasteiger partial charge in [0.15, 0.2) is 6.29 Å². The second kappa shape index (κ2) is 41.6. The monoisotopic (exact) mass is 858 g/mol. The fourth-order valence-electron chi connectivity index (χ4n) is 7.25. The molecule has 1 aliphatic rings. The molecule has 7 atom stereocenters. The quantitative estimate of drug-likeness (QED) is 0.0264. The Labute approximate surface area is 372 Å². The van der Waals surface area contributed by atoms with E-state index in [2.05, 4.69) is 79.9 Å². The second-order valence-corrected chi connectivity index (χ2v) is 16.9. The highest BCUT2D eigenvalue weighted by molar-refractivity contribution is 5.76. The summed E-state index contributed by atoms with van der Waals surface area (Å²) in [6, 6.07) is -0.838. The van der Waals surface area contributed by atoms with Crippen molar-refractivity contribution in [2.75, 3.05) is 13.2 Å². The predicted molar refractivity (Wildman–Crippen MR) is 253 cm³/mol. The summed E-state index contributed by atoms with van der Waals surface area (Å²) in [5.41, 5.74) is 0. The molecule has 1 rings (SSSR count). The standard InChI is InChI=1S/C52H91NO8/c1-3-5-7-9-11-13-15-17-19-21-22-23-24-26-28-30-32-34-36-38-40-42-48(56)53-45(44-60-52-51(59)50(58)49(57)47(43-54)61-52)46(55)41-39-37-35-33-31-29-27-25-20-18-16-14-12-10-8-6-4-2/h15,17,20-22,24-26,31,33,39,41,45-47,49-52,54-55,57-59H,3-14,16,18-19,23,27-30,32,34-38,40,42-44H2,1-2H3,(H,53,56)/b17-15-,22-21-,25-20+,26-24-,33-31+,41-39+. The number of hydrogen-bond acceptors (Lipinski definition) is 8. The molecule has 6 N–H and O–H groups in total. The van der Waals surface area contributed by atoms with Gasteiger partial charge in [-0.25, -0.2) is 0 Å². The lowest BCUT2D eigenvalue weighted by Gasteiger charge is -2.40. The highest BCUT2D eigenvalue weighted by atomic mass is 16.7. The Bertz CT molecular complexity index is 1180. The van der Waals surface area contributed by atoms with Crippen LogP contribution in [0.5, 0.6) is 0 Å². The summed E-state index contributed by atoms with van der Waals surface area (Å²) in [6.07, 6.45) is 49.4. The third-order valence-corrected chi connectivity index (χ3v) is 11.2. The van der Waals surface area contributed by atoms with Gasteiger partial charge in [0.1, 0.15) is 24.4 Å². The molecular weight excluding hydrogens is 767 g/mol. The minimum Gasteiger partial charge on any atom is -0.394 e. The average Bonchev–Trinajstić information content (AvgIpc) is 3.26. The van der Waals surface area contributed by atoms with E-state index in [0.717, 1.165) is 89.9 Å². The minimum absolute atomic E-state index is 0.206. The number of carbonyl (C=O) groups excluding carboxylic acids is 1. The van der Waals surface area contributed by atoms with Gasteiger partial charge < -0.3 is 40.3 Å². The van der Waals surface area contributed by atoms with Crippen molar-refractivity contribution in [1.82, 2.24) is 5.32 Å². The molecule has 1 aliphatic heterocycles.